The molecule has 0 fully saturated rings. The molecule has 82 valence electrons. The minimum Gasteiger partial charge on any atom is -0.393 e. The molecule has 0 saturated heterocycles. The zero-order valence-electron chi connectivity index (χ0n) is 8.34. The number of carbonyl (C=O) groups excluding carboxylic acids is 2. The normalized spacial score (nSPS) is 14.1. The topological polar surface area (TPSA) is 76.3 Å². The number of rotatable bonds is 3. The number of nitrogens with zero attached hydrogens (tertiary/aromatic N) is 2. The van der Waals surface area contributed by atoms with Gasteiger partial charge in [-0.05, 0) is 12.1 Å². The van der Waals surface area contributed by atoms with Crippen LogP contribution >= 0.6 is 12.2 Å². The van der Waals surface area contributed by atoms with Crippen LogP contribution in [0.3, 0.4) is 0 Å². The second-order valence-corrected chi connectivity index (χ2v) is 3.90. The van der Waals surface area contributed by atoms with Crippen molar-refractivity contribution in [3.8, 4) is 0 Å². The van der Waals surface area contributed by atoms with Gasteiger partial charge in [0.2, 0.25) is 0 Å². The van der Waals surface area contributed by atoms with E-state index >= 15 is 0 Å². The third-order valence-electron chi connectivity index (χ3n) is 2.31. The van der Waals surface area contributed by atoms with Gasteiger partial charge in [-0.25, -0.2) is 0 Å². The molecule has 0 spiro atoms. The van der Waals surface area contributed by atoms with Crippen molar-refractivity contribution in [1.29, 1.82) is 0 Å². The van der Waals surface area contributed by atoms with Gasteiger partial charge in [0, 0.05) is 19.2 Å². The Morgan fingerprint density at radius 2 is 2.19 bits per heavy atom. The SMILES string of the molecule is NC(=S)CCN1C(=O)c2cccnc2C1=O. The van der Waals surface area contributed by atoms with Gasteiger partial charge in [0.25, 0.3) is 11.8 Å². The predicted molar refractivity (Wildman–Crippen MR) is 61.0 cm³/mol. The minimum absolute atomic E-state index is 0.204. The molecule has 0 atom stereocenters. The summed E-state index contributed by atoms with van der Waals surface area (Å²) in [6.07, 6.45) is 1.82. The van der Waals surface area contributed by atoms with Crippen molar-refractivity contribution in [3.05, 3.63) is 29.6 Å². The first-order valence-electron chi connectivity index (χ1n) is 4.71. The highest BCUT2D eigenvalue weighted by Crippen LogP contribution is 2.20. The van der Waals surface area contributed by atoms with E-state index in [0.29, 0.717) is 12.0 Å². The zero-order chi connectivity index (χ0) is 11.7. The summed E-state index contributed by atoms with van der Waals surface area (Å²) in [5.41, 5.74) is 5.88. The lowest BCUT2D eigenvalue weighted by molar-refractivity contribution is 0.0657. The molecule has 0 radical (unpaired) electrons. The summed E-state index contributed by atoms with van der Waals surface area (Å²) in [6.45, 7) is 0.212. The van der Waals surface area contributed by atoms with Gasteiger partial charge in [-0.15, -0.1) is 0 Å². The molecule has 1 aromatic heterocycles. The molecular formula is C10H9N3O2S. The van der Waals surface area contributed by atoms with Gasteiger partial charge in [-0.1, -0.05) is 12.2 Å². The number of nitrogens with two attached hydrogens (primary N) is 1. The van der Waals surface area contributed by atoms with Gasteiger partial charge in [-0.2, -0.15) is 0 Å². The maximum atomic E-state index is 11.8. The molecule has 0 aromatic carbocycles. The van der Waals surface area contributed by atoms with Crippen molar-refractivity contribution in [2.24, 2.45) is 5.73 Å². The van der Waals surface area contributed by atoms with Crippen molar-refractivity contribution >= 4 is 29.0 Å². The number of pyridine rings is 1. The molecule has 6 heteroatoms. The fourth-order valence-electron chi connectivity index (χ4n) is 1.54. The van der Waals surface area contributed by atoms with E-state index in [1.807, 2.05) is 0 Å². The van der Waals surface area contributed by atoms with Gasteiger partial charge < -0.3 is 5.73 Å². The van der Waals surface area contributed by atoms with Crippen LogP contribution in [-0.4, -0.2) is 33.2 Å². The van der Waals surface area contributed by atoms with E-state index in [9.17, 15) is 9.59 Å². The first kappa shape index (κ1) is 10.7. The van der Waals surface area contributed by atoms with Crippen molar-refractivity contribution in [2.45, 2.75) is 6.42 Å². The molecule has 2 amide bonds. The molecule has 1 aliphatic heterocycles. The zero-order valence-corrected chi connectivity index (χ0v) is 9.16. The molecule has 1 aliphatic rings. The van der Waals surface area contributed by atoms with E-state index in [-0.39, 0.29) is 29.0 Å². The van der Waals surface area contributed by atoms with Crippen LogP contribution in [0.4, 0.5) is 0 Å². The summed E-state index contributed by atoms with van der Waals surface area (Å²) in [7, 11) is 0. The quantitative estimate of drug-likeness (QED) is 0.604. The molecule has 16 heavy (non-hydrogen) atoms. The first-order chi connectivity index (χ1) is 7.61. The summed E-state index contributed by atoms with van der Waals surface area (Å²) >= 11 is 4.71. The molecule has 2 N–H and O–H groups in total. The van der Waals surface area contributed by atoms with Crippen LogP contribution < -0.4 is 5.73 Å². The lowest BCUT2D eigenvalue weighted by Gasteiger charge is -2.12. The number of carbonyl (C=O) groups is 2. The number of hydrogen-bond acceptors (Lipinski definition) is 4. The third-order valence-corrected chi connectivity index (χ3v) is 2.52. The van der Waals surface area contributed by atoms with Crippen molar-refractivity contribution < 1.29 is 9.59 Å². The smallest absolute Gasteiger partial charge is 0.280 e. The lowest BCUT2D eigenvalue weighted by Crippen LogP contribution is -2.32. The number of hydrogen-bond donors (Lipinski definition) is 1. The Bertz CT molecular complexity index is 452. The summed E-state index contributed by atoms with van der Waals surface area (Å²) < 4.78 is 0. The number of amides is 2. The summed E-state index contributed by atoms with van der Waals surface area (Å²) in [5, 5.41) is 0. The lowest BCUT2D eigenvalue weighted by atomic mass is 10.2. The fourth-order valence-corrected chi connectivity index (χ4v) is 1.63. The molecular weight excluding hydrogens is 226 g/mol. The Morgan fingerprint density at radius 1 is 1.44 bits per heavy atom. The number of thiocarbonyl (C=S) groups is 1. The Balaban J connectivity index is 2.25. The van der Waals surface area contributed by atoms with Gasteiger partial charge in [0.1, 0.15) is 5.69 Å². The predicted octanol–water partition coefficient (Wildman–Crippen LogP) is 0.354. The fraction of sp³-hybridized carbons (Fsp3) is 0.200. The van der Waals surface area contributed by atoms with E-state index in [4.69, 9.17) is 18.0 Å². The van der Waals surface area contributed by atoms with Crippen LogP contribution in [0.25, 0.3) is 0 Å². The van der Waals surface area contributed by atoms with Gasteiger partial charge in [-0.3, -0.25) is 19.5 Å². The number of aromatic nitrogens is 1. The second kappa shape index (κ2) is 3.97. The number of fused-ring (bicyclic) bond motifs is 1. The van der Waals surface area contributed by atoms with E-state index in [0.717, 1.165) is 4.90 Å². The Morgan fingerprint density at radius 3 is 2.81 bits per heavy atom. The second-order valence-electron chi connectivity index (χ2n) is 3.38. The molecule has 5 nitrogen and oxygen atoms in total. The molecule has 0 unspecified atom stereocenters. The van der Waals surface area contributed by atoms with Crippen LogP contribution in [0.1, 0.15) is 27.3 Å². The van der Waals surface area contributed by atoms with Crippen LogP contribution in [0, 0.1) is 0 Å². The largest absolute Gasteiger partial charge is 0.393 e. The van der Waals surface area contributed by atoms with E-state index in [1.54, 1.807) is 12.1 Å². The molecule has 0 bridgehead atoms. The standard InChI is InChI=1S/C10H9N3O2S/c11-7(16)3-5-13-9(14)6-2-1-4-12-8(6)10(13)15/h1-2,4H,3,5H2,(H2,11,16). The molecule has 0 saturated carbocycles. The van der Waals surface area contributed by atoms with Crippen LogP contribution in [0.15, 0.2) is 18.3 Å². The molecule has 2 heterocycles. The minimum atomic E-state index is -0.378. The number of imide groups is 1. The average Bonchev–Trinajstić information content (AvgIpc) is 2.50. The molecule has 2 rings (SSSR count). The highest BCUT2D eigenvalue weighted by atomic mass is 32.1. The molecule has 0 aliphatic carbocycles. The summed E-state index contributed by atoms with van der Waals surface area (Å²) in [5.74, 6) is -0.707. The van der Waals surface area contributed by atoms with E-state index in [1.165, 1.54) is 6.20 Å². The maximum Gasteiger partial charge on any atom is 0.280 e. The van der Waals surface area contributed by atoms with Crippen molar-refractivity contribution in [3.63, 3.8) is 0 Å². The maximum absolute atomic E-state index is 11.8. The highest BCUT2D eigenvalue weighted by Gasteiger charge is 2.36. The van der Waals surface area contributed by atoms with E-state index in [2.05, 4.69) is 4.98 Å². The monoisotopic (exact) mass is 235 g/mol. The summed E-state index contributed by atoms with van der Waals surface area (Å²) in [4.78, 5) is 28.9. The van der Waals surface area contributed by atoms with Crippen molar-refractivity contribution in [1.82, 2.24) is 9.88 Å². The van der Waals surface area contributed by atoms with Gasteiger partial charge >= 0.3 is 0 Å². The average molecular weight is 235 g/mol. The van der Waals surface area contributed by atoms with Gasteiger partial charge in [0.05, 0.1) is 10.6 Å². The van der Waals surface area contributed by atoms with Crippen LogP contribution in [0.5, 0.6) is 0 Å². The Hall–Kier alpha value is -1.82. The Labute approximate surface area is 97.3 Å². The van der Waals surface area contributed by atoms with Crippen molar-refractivity contribution in [2.75, 3.05) is 6.54 Å². The van der Waals surface area contributed by atoms with Gasteiger partial charge in [0.15, 0.2) is 0 Å². The third kappa shape index (κ3) is 1.67. The Kier molecular flexibility index (Phi) is 2.66. The van der Waals surface area contributed by atoms with Crippen LogP contribution in [-0.2, 0) is 0 Å². The van der Waals surface area contributed by atoms with E-state index < -0.39 is 0 Å². The van der Waals surface area contributed by atoms with Crippen LogP contribution in [0.2, 0.25) is 0 Å². The first-order valence-corrected chi connectivity index (χ1v) is 5.11. The highest BCUT2D eigenvalue weighted by molar-refractivity contribution is 7.80. The summed E-state index contributed by atoms with van der Waals surface area (Å²) in [6, 6.07) is 3.21. The molecule has 1 aromatic rings.